The first-order valence-corrected chi connectivity index (χ1v) is 47.7. The molecule has 25 nitrogen and oxygen atoms in total. The van der Waals surface area contributed by atoms with Gasteiger partial charge < -0.3 is 88.7 Å². The lowest BCUT2D eigenvalue weighted by Crippen LogP contribution is -2.70. The van der Waals surface area contributed by atoms with Crippen LogP contribution in [0.2, 0.25) is 0 Å². The molecule has 2 aliphatic heterocycles. The van der Waals surface area contributed by atoms with Crippen LogP contribution in [0.4, 0.5) is 0 Å². The molecule has 0 bridgehead atoms. The van der Waals surface area contributed by atoms with E-state index >= 15 is 0 Å². The Morgan fingerprint density at radius 2 is 0.647 bits per heavy atom. The molecule has 0 amide bonds. The number of rotatable bonds is 74. The number of allylic oxidation sites excluding steroid dienone is 6. The van der Waals surface area contributed by atoms with Crippen molar-refractivity contribution in [2.45, 2.75) is 485 Å². The second-order valence-electron chi connectivity index (χ2n) is 32.8. The minimum absolute atomic E-state index is 0.00853. The van der Waals surface area contributed by atoms with E-state index in [1.54, 1.807) is 0 Å². The number of aliphatic hydroxyl groups excluding tert-OH is 9. The quantitative estimate of drug-likeness (QED) is 0.00889. The monoisotopic (exact) mass is 1680 g/mol. The number of esters is 4. The van der Waals surface area contributed by atoms with Crippen molar-refractivity contribution in [3.05, 3.63) is 36.5 Å². The van der Waals surface area contributed by atoms with Gasteiger partial charge in [0.15, 0.2) is 24.8 Å². The van der Waals surface area contributed by atoms with E-state index in [1.165, 1.54) is 148 Å². The average molecular weight is 1680 g/mol. The van der Waals surface area contributed by atoms with Gasteiger partial charge in [-0.2, -0.15) is 0 Å². The first-order chi connectivity index (χ1) is 56.2. The van der Waals surface area contributed by atoms with Crippen molar-refractivity contribution in [1.82, 2.24) is 0 Å². The summed E-state index contributed by atoms with van der Waals surface area (Å²) in [6.07, 6.45) is 30.1. The van der Waals surface area contributed by atoms with Crippen LogP contribution in [0.3, 0.4) is 0 Å². The predicted molar refractivity (Wildman–Crippen MR) is 449 cm³/mol. The van der Waals surface area contributed by atoms with Crippen LogP contribution >= 0.6 is 7.82 Å². The molecule has 0 aromatic rings. The molecule has 116 heavy (non-hydrogen) atoms. The fourth-order valence-corrected chi connectivity index (χ4v) is 15.9. The molecule has 18 unspecified atom stereocenters. The normalized spacial score (nSPS) is 25.3. The maximum absolute atomic E-state index is 14.9. The number of phosphoric acid groups is 1. The van der Waals surface area contributed by atoms with Crippen LogP contribution in [0.25, 0.3) is 0 Å². The van der Waals surface area contributed by atoms with Gasteiger partial charge in [-0.25, -0.2) is 4.57 Å². The standard InChI is InChI=1S/C90H163O25P/c1-5-9-13-17-21-25-29-33-35-37-40-43-46-50-54-58-62-73(92)106-67-70(109-75(94)64-60-56-52-48-45-41-36-34-30-26-22-18-14-10-6-2)68-108-116(104,105)115-88-86(113-89-83(102)79(98)77(96)71(66-91)110-89)82(101)81(100)85(112-76(95)65-61-57-53-49-44-39-32-28-24-20-16-12-8-4)87(88)114-90-84(103)80(99)78(97)72(111-90)69-107-74(93)63-59-55-51-47-42-38-31-27-23-19-15-11-7-3/h26,30,38-39,42,44,70-72,77-91,96-103H,5-25,27-29,31-37,40-41,43,45-69H2,1-4H3,(H,104,105)/b30-26-,42-38-,44-39-. The summed E-state index contributed by atoms with van der Waals surface area (Å²) >= 11 is 0. The Morgan fingerprint density at radius 3 is 1.04 bits per heavy atom. The summed E-state index contributed by atoms with van der Waals surface area (Å²) in [5.74, 6) is -3.01. The van der Waals surface area contributed by atoms with Gasteiger partial charge in [-0.3, -0.25) is 28.2 Å². The summed E-state index contributed by atoms with van der Waals surface area (Å²) in [4.78, 5) is 66.4. The van der Waals surface area contributed by atoms with Gasteiger partial charge in [0, 0.05) is 25.7 Å². The number of aliphatic hydroxyl groups is 9. The lowest BCUT2D eigenvalue weighted by molar-refractivity contribution is -0.360. The Kier molecular flexibility index (Phi) is 63.7. The summed E-state index contributed by atoms with van der Waals surface area (Å²) in [7, 11) is -5.81. The highest BCUT2D eigenvalue weighted by atomic mass is 31.2. The van der Waals surface area contributed by atoms with Crippen LogP contribution < -0.4 is 0 Å². The minimum atomic E-state index is -5.81. The van der Waals surface area contributed by atoms with Crippen molar-refractivity contribution in [1.29, 1.82) is 0 Å². The van der Waals surface area contributed by atoms with E-state index in [2.05, 4.69) is 64.2 Å². The molecule has 3 aliphatic rings. The number of hydrogen-bond acceptors (Lipinski definition) is 24. The minimum Gasteiger partial charge on any atom is -0.463 e. The van der Waals surface area contributed by atoms with Gasteiger partial charge in [-0.15, -0.1) is 0 Å². The molecule has 678 valence electrons. The smallest absolute Gasteiger partial charge is 0.463 e. The highest BCUT2D eigenvalue weighted by Gasteiger charge is 2.60. The van der Waals surface area contributed by atoms with Crippen molar-refractivity contribution in [3.8, 4) is 0 Å². The van der Waals surface area contributed by atoms with Gasteiger partial charge in [-0.05, 0) is 103 Å². The van der Waals surface area contributed by atoms with E-state index in [-0.39, 0.29) is 32.1 Å². The molecule has 0 aromatic heterocycles. The fraction of sp³-hybridized carbons (Fsp3) is 0.889. The lowest BCUT2D eigenvalue weighted by atomic mass is 9.84. The molecule has 26 heteroatoms. The van der Waals surface area contributed by atoms with Gasteiger partial charge >= 0.3 is 31.7 Å². The highest BCUT2D eigenvalue weighted by molar-refractivity contribution is 7.47. The van der Waals surface area contributed by atoms with E-state index in [0.29, 0.717) is 44.9 Å². The van der Waals surface area contributed by atoms with Crippen LogP contribution in [0, 0.1) is 0 Å². The van der Waals surface area contributed by atoms with Crippen LogP contribution in [-0.2, 0) is 70.7 Å². The highest BCUT2D eigenvalue weighted by Crippen LogP contribution is 2.49. The van der Waals surface area contributed by atoms with E-state index in [1.807, 2.05) is 0 Å². The first kappa shape index (κ1) is 107. The molecule has 3 rings (SSSR count). The second-order valence-corrected chi connectivity index (χ2v) is 34.2. The van der Waals surface area contributed by atoms with Crippen molar-refractivity contribution < 1.29 is 122 Å². The molecule has 2 heterocycles. The Morgan fingerprint density at radius 1 is 0.336 bits per heavy atom. The van der Waals surface area contributed by atoms with Gasteiger partial charge in [0.05, 0.1) is 13.2 Å². The molecule has 1 aliphatic carbocycles. The van der Waals surface area contributed by atoms with Crippen LogP contribution in [0.1, 0.15) is 381 Å². The Labute approximate surface area is 697 Å². The van der Waals surface area contributed by atoms with Crippen molar-refractivity contribution in [3.63, 3.8) is 0 Å². The molecule has 0 spiro atoms. The summed E-state index contributed by atoms with van der Waals surface area (Å²) < 4.78 is 73.3. The number of unbranched alkanes of at least 4 members (excludes halogenated alkanes) is 44. The average Bonchev–Trinajstić information content (AvgIpc) is 0.754. The van der Waals surface area contributed by atoms with Gasteiger partial charge in [0.25, 0.3) is 0 Å². The van der Waals surface area contributed by atoms with E-state index in [0.717, 1.165) is 128 Å². The third-order valence-corrected chi connectivity index (χ3v) is 23.3. The zero-order chi connectivity index (χ0) is 84.7. The van der Waals surface area contributed by atoms with Crippen LogP contribution in [-0.4, -0.2) is 205 Å². The largest absolute Gasteiger partial charge is 0.472 e. The Balaban J connectivity index is 1.93. The predicted octanol–water partition coefficient (Wildman–Crippen LogP) is 16.7. The maximum Gasteiger partial charge on any atom is 0.472 e. The first-order valence-electron chi connectivity index (χ1n) is 46.2. The van der Waals surface area contributed by atoms with Gasteiger partial charge in [-0.1, -0.05) is 289 Å². The summed E-state index contributed by atoms with van der Waals surface area (Å²) in [6.45, 7) is 5.53. The summed E-state index contributed by atoms with van der Waals surface area (Å²) in [5.41, 5.74) is 0. The molecule has 1 saturated carbocycles. The van der Waals surface area contributed by atoms with Crippen molar-refractivity contribution >= 4 is 31.7 Å². The van der Waals surface area contributed by atoms with Crippen molar-refractivity contribution in [2.75, 3.05) is 26.4 Å². The van der Waals surface area contributed by atoms with Crippen LogP contribution in [0.5, 0.6) is 0 Å². The molecule has 3 fully saturated rings. The number of phosphoric ester groups is 1. The molecule has 2 saturated heterocycles. The lowest BCUT2D eigenvalue weighted by Gasteiger charge is -2.50. The zero-order valence-corrected chi connectivity index (χ0v) is 72.9. The van der Waals surface area contributed by atoms with Gasteiger partial charge in [0.1, 0.15) is 92.6 Å². The van der Waals surface area contributed by atoms with E-state index < -0.39 is 162 Å². The fourth-order valence-electron chi connectivity index (χ4n) is 14.9. The molecule has 18 atom stereocenters. The molecular formula is C90H163O25P. The maximum atomic E-state index is 14.9. The van der Waals surface area contributed by atoms with Crippen LogP contribution in [0.15, 0.2) is 36.5 Å². The number of ether oxygens (including phenoxy) is 8. The molecule has 0 aromatic carbocycles. The third kappa shape index (κ3) is 49.1. The Hall–Kier alpha value is -3.31. The summed E-state index contributed by atoms with van der Waals surface area (Å²) in [5, 5.41) is 102. The second kappa shape index (κ2) is 69.1. The van der Waals surface area contributed by atoms with E-state index in [4.69, 9.17) is 46.9 Å². The Bertz CT molecular complexity index is 2560. The SMILES string of the molecule is CCCCCC/C=C\CCCCCCCCCC(=O)OC(COC(=O)CCCCCCCCCCCCCCCCCC)COP(=O)(O)OC1C(OC2OC(CO)C(O)C(O)C2O)C(O)C(O)C(OC(=O)CCCCC/C=C\CCCCCCCC)C1OC1OC(COC(=O)CCCCC/C=C\CCCCCCCC)C(O)C(O)C1O. The summed E-state index contributed by atoms with van der Waals surface area (Å²) in [6, 6.07) is 0. The molecule has 0 radical (unpaired) electrons. The molecular weight excluding hydrogens is 1510 g/mol. The number of carbonyl (C=O) groups excluding carboxylic acids is 4. The van der Waals surface area contributed by atoms with E-state index in [9.17, 15) is 74.6 Å². The number of carbonyl (C=O) groups is 4. The molecule has 10 N–H and O–H groups in total. The van der Waals surface area contributed by atoms with Crippen molar-refractivity contribution in [2.24, 2.45) is 0 Å². The topological polar surface area (TPSA) is 380 Å². The zero-order valence-electron chi connectivity index (χ0n) is 72.0. The van der Waals surface area contributed by atoms with Gasteiger partial charge in [0.2, 0.25) is 0 Å². The third-order valence-electron chi connectivity index (χ3n) is 22.3. The number of hydrogen-bond donors (Lipinski definition) is 10.